The Morgan fingerprint density at radius 3 is 2.91 bits per heavy atom. The summed E-state index contributed by atoms with van der Waals surface area (Å²) in [6, 6.07) is 0. The number of allylic oxidation sites excluding steroid dienone is 2. The Hall–Kier alpha value is -1.63. The van der Waals surface area contributed by atoms with Crippen LogP contribution in [0.3, 0.4) is 0 Å². The number of rotatable bonds is 5. The highest BCUT2D eigenvalue weighted by Crippen LogP contribution is 2.30. The van der Waals surface area contributed by atoms with E-state index in [0.29, 0.717) is 24.6 Å². The van der Waals surface area contributed by atoms with Gasteiger partial charge in [-0.05, 0) is 37.3 Å². The maximum absolute atomic E-state index is 12.8. The van der Waals surface area contributed by atoms with Crippen LogP contribution >= 0.6 is 0 Å². The number of amides is 1. The molecule has 6 nitrogen and oxygen atoms in total. The van der Waals surface area contributed by atoms with Crippen molar-refractivity contribution < 1.29 is 13.2 Å². The third-order valence-corrected chi connectivity index (χ3v) is 5.19. The van der Waals surface area contributed by atoms with Gasteiger partial charge in [-0.3, -0.25) is 4.79 Å². The maximum atomic E-state index is 12.8. The first-order chi connectivity index (χ1) is 10.5. The second-order valence-electron chi connectivity index (χ2n) is 6.01. The number of carbonyl (C=O) groups excluding carboxylic acids is 1. The molecule has 3 rings (SSSR count). The lowest BCUT2D eigenvalue weighted by atomic mass is 10.1. The first-order valence-corrected chi connectivity index (χ1v) is 9.38. The van der Waals surface area contributed by atoms with Crippen LogP contribution in [0.25, 0.3) is 0 Å². The lowest BCUT2D eigenvalue weighted by Gasteiger charge is -2.31. The molecule has 1 saturated carbocycles. The van der Waals surface area contributed by atoms with Crippen molar-refractivity contribution in [2.75, 3.05) is 25.4 Å². The smallest absolute Gasteiger partial charge is 0.257 e. The average molecular weight is 323 g/mol. The predicted octanol–water partition coefficient (Wildman–Crippen LogP) is 1.13. The van der Waals surface area contributed by atoms with E-state index in [-0.39, 0.29) is 17.5 Å². The van der Waals surface area contributed by atoms with Gasteiger partial charge < -0.3 is 9.80 Å². The van der Waals surface area contributed by atoms with Crippen molar-refractivity contribution in [2.24, 2.45) is 10.3 Å². The Morgan fingerprint density at radius 2 is 2.23 bits per heavy atom. The highest BCUT2D eigenvalue weighted by atomic mass is 32.2. The molecule has 0 aromatic heterocycles. The first kappa shape index (κ1) is 15.3. The monoisotopic (exact) mass is 323 g/mol. The largest absolute Gasteiger partial charge is 0.338 e. The van der Waals surface area contributed by atoms with Gasteiger partial charge in [-0.15, -0.1) is 4.40 Å². The number of sulfonamides is 1. The van der Waals surface area contributed by atoms with Crippen LogP contribution in [-0.4, -0.2) is 55.3 Å². The van der Waals surface area contributed by atoms with Crippen molar-refractivity contribution in [1.29, 1.82) is 0 Å². The molecule has 0 atom stereocenters. The summed E-state index contributed by atoms with van der Waals surface area (Å²) in [6.45, 7) is 3.83. The van der Waals surface area contributed by atoms with Gasteiger partial charge in [-0.25, -0.2) is 8.42 Å². The van der Waals surface area contributed by atoms with Crippen LogP contribution in [0.5, 0.6) is 0 Å². The van der Waals surface area contributed by atoms with Crippen molar-refractivity contribution in [1.82, 2.24) is 9.80 Å². The average Bonchev–Trinajstić information content (AvgIpc) is 3.28. The van der Waals surface area contributed by atoms with Gasteiger partial charge in [0.2, 0.25) is 0 Å². The Balaban J connectivity index is 1.87. The summed E-state index contributed by atoms with van der Waals surface area (Å²) in [5.74, 6) is 0.751. The summed E-state index contributed by atoms with van der Waals surface area (Å²) in [7, 11) is -3.47. The molecule has 2 aliphatic heterocycles. The predicted molar refractivity (Wildman–Crippen MR) is 84.7 cm³/mol. The minimum atomic E-state index is -3.47. The van der Waals surface area contributed by atoms with Gasteiger partial charge in [0.1, 0.15) is 0 Å². The molecule has 1 aliphatic carbocycles. The SMILES string of the molecule is CCCN(CC1CC1)C(=O)C1=CC=CN2CCS(=O)(=O)N=C12. The number of fused-ring (bicyclic) bond motifs is 1. The fourth-order valence-corrected chi connectivity index (χ4v) is 3.70. The van der Waals surface area contributed by atoms with E-state index < -0.39 is 10.0 Å². The summed E-state index contributed by atoms with van der Waals surface area (Å²) < 4.78 is 27.4. The van der Waals surface area contributed by atoms with Gasteiger partial charge in [0.05, 0.1) is 11.3 Å². The molecular formula is C15H21N3O3S. The van der Waals surface area contributed by atoms with Crippen molar-refractivity contribution >= 4 is 21.8 Å². The second kappa shape index (κ2) is 5.87. The number of nitrogens with zero attached hydrogens (tertiary/aromatic N) is 3. The number of hydrogen-bond acceptors (Lipinski definition) is 4. The van der Waals surface area contributed by atoms with Crippen LogP contribution in [0, 0.1) is 5.92 Å². The quantitative estimate of drug-likeness (QED) is 0.760. The molecule has 0 radical (unpaired) electrons. The lowest BCUT2D eigenvalue weighted by molar-refractivity contribution is -0.127. The van der Waals surface area contributed by atoms with Crippen LogP contribution in [0.1, 0.15) is 26.2 Å². The molecule has 0 bridgehead atoms. The van der Waals surface area contributed by atoms with E-state index in [9.17, 15) is 13.2 Å². The minimum Gasteiger partial charge on any atom is -0.338 e. The topological polar surface area (TPSA) is 70.1 Å². The third-order valence-electron chi connectivity index (χ3n) is 4.04. The van der Waals surface area contributed by atoms with E-state index in [0.717, 1.165) is 13.0 Å². The van der Waals surface area contributed by atoms with Gasteiger partial charge in [-0.1, -0.05) is 6.92 Å². The summed E-state index contributed by atoms with van der Waals surface area (Å²) in [4.78, 5) is 16.4. The van der Waals surface area contributed by atoms with Crippen LogP contribution in [0.4, 0.5) is 0 Å². The molecule has 0 aromatic carbocycles. The molecular weight excluding hydrogens is 302 g/mol. The van der Waals surface area contributed by atoms with Crippen molar-refractivity contribution in [2.45, 2.75) is 26.2 Å². The van der Waals surface area contributed by atoms with Crippen molar-refractivity contribution in [3.05, 3.63) is 23.9 Å². The Kier molecular flexibility index (Phi) is 4.08. The standard InChI is InChI=1S/C15H21N3O3S/c1-2-7-18(11-12-5-6-12)15(19)13-4-3-8-17-9-10-22(20,21)16-14(13)17/h3-4,8,12H,2,5-7,9-11H2,1H3. The van der Waals surface area contributed by atoms with Gasteiger partial charge in [-0.2, -0.15) is 0 Å². The molecule has 7 heteroatoms. The van der Waals surface area contributed by atoms with E-state index >= 15 is 0 Å². The fraction of sp³-hybridized carbons (Fsp3) is 0.600. The first-order valence-electron chi connectivity index (χ1n) is 7.77. The van der Waals surface area contributed by atoms with Gasteiger partial charge >= 0.3 is 0 Å². The molecule has 1 fully saturated rings. The number of amidine groups is 1. The summed E-state index contributed by atoms with van der Waals surface area (Å²) >= 11 is 0. The Labute approximate surface area is 131 Å². The highest BCUT2D eigenvalue weighted by Gasteiger charge is 2.33. The zero-order valence-electron chi connectivity index (χ0n) is 12.7. The van der Waals surface area contributed by atoms with E-state index in [4.69, 9.17) is 0 Å². The molecule has 0 unspecified atom stereocenters. The van der Waals surface area contributed by atoms with Crippen LogP contribution < -0.4 is 0 Å². The lowest BCUT2D eigenvalue weighted by Crippen LogP contribution is -2.44. The molecule has 22 heavy (non-hydrogen) atoms. The van der Waals surface area contributed by atoms with Gasteiger partial charge in [0, 0.05) is 25.8 Å². The molecule has 2 heterocycles. The summed E-state index contributed by atoms with van der Waals surface area (Å²) in [6.07, 6.45) is 8.46. The van der Waals surface area contributed by atoms with Crippen LogP contribution in [0.2, 0.25) is 0 Å². The molecule has 1 amide bonds. The van der Waals surface area contributed by atoms with Crippen LogP contribution in [0.15, 0.2) is 28.3 Å². The third kappa shape index (κ3) is 3.24. The van der Waals surface area contributed by atoms with E-state index in [2.05, 4.69) is 4.40 Å². The van der Waals surface area contributed by atoms with Gasteiger partial charge in [0.15, 0.2) is 5.84 Å². The number of carbonyl (C=O) groups is 1. The molecule has 0 saturated heterocycles. The van der Waals surface area contributed by atoms with E-state index in [1.54, 1.807) is 23.3 Å². The van der Waals surface area contributed by atoms with Crippen molar-refractivity contribution in [3.8, 4) is 0 Å². The van der Waals surface area contributed by atoms with Crippen molar-refractivity contribution in [3.63, 3.8) is 0 Å². The van der Waals surface area contributed by atoms with Gasteiger partial charge in [0.25, 0.3) is 15.9 Å². The fourth-order valence-electron chi connectivity index (χ4n) is 2.71. The zero-order valence-corrected chi connectivity index (χ0v) is 13.6. The molecule has 3 aliphatic rings. The molecule has 0 aromatic rings. The maximum Gasteiger partial charge on any atom is 0.257 e. The normalized spacial score (nSPS) is 22.7. The second-order valence-corrected chi connectivity index (χ2v) is 7.77. The zero-order chi connectivity index (χ0) is 15.7. The Bertz CT molecular complexity index is 660. The molecule has 0 N–H and O–H groups in total. The highest BCUT2D eigenvalue weighted by molar-refractivity contribution is 7.90. The number of hydrogen-bond donors (Lipinski definition) is 0. The summed E-state index contributed by atoms with van der Waals surface area (Å²) in [5.41, 5.74) is 0.389. The Morgan fingerprint density at radius 1 is 1.45 bits per heavy atom. The van der Waals surface area contributed by atoms with E-state index in [1.165, 1.54) is 12.8 Å². The van der Waals surface area contributed by atoms with Crippen LogP contribution in [-0.2, 0) is 14.8 Å². The molecule has 120 valence electrons. The van der Waals surface area contributed by atoms with E-state index in [1.807, 2.05) is 11.8 Å². The minimum absolute atomic E-state index is 0.0109. The molecule has 0 spiro atoms. The summed E-state index contributed by atoms with van der Waals surface area (Å²) in [5, 5.41) is 0.